The van der Waals surface area contributed by atoms with Crippen LogP contribution < -0.4 is 4.74 Å². The molecule has 0 saturated heterocycles. The lowest BCUT2D eigenvalue weighted by Crippen LogP contribution is -2.05. The van der Waals surface area contributed by atoms with Gasteiger partial charge in [0.2, 0.25) is 0 Å². The summed E-state index contributed by atoms with van der Waals surface area (Å²) in [5.41, 5.74) is 0.321. The highest BCUT2D eigenvalue weighted by Gasteiger charge is 2.11. The maximum Gasteiger partial charge on any atom is 0.357 e. The van der Waals surface area contributed by atoms with Crippen LogP contribution in [0, 0.1) is 0 Å². The number of esters is 1. The third-order valence-corrected chi connectivity index (χ3v) is 3.29. The maximum absolute atomic E-state index is 11.4. The SMILES string of the molecule is CCOC(=O)c1csc(COc2ccc(Cl)cc2)n1. The number of nitrogens with zero attached hydrogens (tertiary/aromatic N) is 1. The van der Waals surface area contributed by atoms with Gasteiger partial charge >= 0.3 is 5.97 Å². The zero-order chi connectivity index (χ0) is 13.7. The van der Waals surface area contributed by atoms with E-state index in [1.165, 1.54) is 11.3 Å². The van der Waals surface area contributed by atoms with Crippen LogP contribution in [0.2, 0.25) is 5.02 Å². The lowest BCUT2D eigenvalue weighted by molar-refractivity contribution is 0.0520. The Bertz CT molecular complexity index is 553. The van der Waals surface area contributed by atoms with E-state index in [-0.39, 0.29) is 0 Å². The van der Waals surface area contributed by atoms with Crippen LogP contribution in [0.15, 0.2) is 29.6 Å². The molecule has 0 atom stereocenters. The molecule has 0 unspecified atom stereocenters. The number of benzene rings is 1. The third-order valence-electron chi connectivity index (χ3n) is 2.21. The molecule has 100 valence electrons. The number of hydrogen-bond acceptors (Lipinski definition) is 5. The molecule has 1 aromatic carbocycles. The van der Waals surface area contributed by atoms with Crippen molar-refractivity contribution in [3.8, 4) is 5.75 Å². The van der Waals surface area contributed by atoms with Crippen LogP contribution in [0.4, 0.5) is 0 Å². The molecule has 2 aromatic rings. The van der Waals surface area contributed by atoms with Gasteiger partial charge in [-0.1, -0.05) is 11.6 Å². The topological polar surface area (TPSA) is 48.4 Å². The summed E-state index contributed by atoms with van der Waals surface area (Å²) in [5.74, 6) is 0.300. The molecule has 0 spiro atoms. The Morgan fingerprint density at radius 2 is 2.11 bits per heavy atom. The number of carbonyl (C=O) groups is 1. The second-order valence-corrected chi connectivity index (χ2v) is 4.97. The van der Waals surface area contributed by atoms with Crippen molar-refractivity contribution in [1.29, 1.82) is 0 Å². The van der Waals surface area contributed by atoms with Crippen LogP contribution in [-0.2, 0) is 11.3 Å². The molecule has 2 rings (SSSR count). The van der Waals surface area contributed by atoms with Gasteiger partial charge in [0.05, 0.1) is 6.61 Å². The van der Waals surface area contributed by atoms with Gasteiger partial charge in [0, 0.05) is 10.4 Å². The van der Waals surface area contributed by atoms with Crippen LogP contribution in [0.3, 0.4) is 0 Å². The Balaban J connectivity index is 1.93. The summed E-state index contributed by atoms with van der Waals surface area (Å²) >= 11 is 7.14. The van der Waals surface area contributed by atoms with E-state index in [0.29, 0.717) is 29.7 Å². The first kappa shape index (κ1) is 13.8. The third kappa shape index (κ3) is 3.94. The van der Waals surface area contributed by atoms with E-state index in [0.717, 1.165) is 5.01 Å². The van der Waals surface area contributed by atoms with Crippen molar-refractivity contribution in [3.05, 3.63) is 45.4 Å². The smallest absolute Gasteiger partial charge is 0.357 e. The number of rotatable bonds is 5. The van der Waals surface area contributed by atoms with Crippen molar-refractivity contribution in [2.24, 2.45) is 0 Å². The number of carbonyl (C=O) groups excluding carboxylic acids is 1. The van der Waals surface area contributed by atoms with Crippen molar-refractivity contribution in [3.63, 3.8) is 0 Å². The summed E-state index contributed by atoms with van der Waals surface area (Å²) in [5, 5.41) is 3.04. The second-order valence-electron chi connectivity index (χ2n) is 3.59. The minimum atomic E-state index is -0.406. The lowest BCUT2D eigenvalue weighted by Gasteiger charge is -2.03. The quantitative estimate of drug-likeness (QED) is 0.792. The fraction of sp³-hybridized carbons (Fsp3) is 0.231. The Morgan fingerprint density at radius 3 is 2.79 bits per heavy atom. The van der Waals surface area contributed by atoms with Gasteiger partial charge in [-0.05, 0) is 31.2 Å². The van der Waals surface area contributed by atoms with Gasteiger partial charge in [-0.2, -0.15) is 0 Å². The van der Waals surface area contributed by atoms with E-state index in [9.17, 15) is 4.79 Å². The van der Waals surface area contributed by atoms with E-state index in [1.54, 1.807) is 36.6 Å². The predicted octanol–water partition coefficient (Wildman–Crippen LogP) is 3.55. The first-order valence-electron chi connectivity index (χ1n) is 5.69. The Morgan fingerprint density at radius 1 is 1.37 bits per heavy atom. The summed E-state index contributed by atoms with van der Waals surface area (Å²) in [4.78, 5) is 15.6. The average molecular weight is 298 g/mol. The summed E-state index contributed by atoms with van der Waals surface area (Å²) in [6.07, 6.45) is 0. The molecule has 0 aliphatic rings. The fourth-order valence-electron chi connectivity index (χ4n) is 1.35. The van der Waals surface area contributed by atoms with Crippen molar-refractivity contribution in [1.82, 2.24) is 4.98 Å². The summed E-state index contributed by atoms with van der Waals surface area (Å²) in [6.45, 7) is 2.41. The van der Waals surface area contributed by atoms with Gasteiger partial charge in [0.25, 0.3) is 0 Å². The molecule has 6 heteroatoms. The monoisotopic (exact) mass is 297 g/mol. The number of aromatic nitrogens is 1. The average Bonchev–Trinajstić information content (AvgIpc) is 2.87. The molecule has 0 aliphatic carbocycles. The van der Waals surface area contributed by atoms with E-state index in [1.807, 2.05) is 0 Å². The lowest BCUT2D eigenvalue weighted by atomic mass is 10.3. The van der Waals surface area contributed by atoms with Crippen LogP contribution in [-0.4, -0.2) is 17.6 Å². The van der Waals surface area contributed by atoms with Crippen molar-refractivity contribution in [2.45, 2.75) is 13.5 Å². The van der Waals surface area contributed by atoms with Crippen LogP contribution in [0.25, 0.3) is 0 Å². The summed E-state index contributed by atoms with van der Waals surface area (Å²) in [6, 6.07) is 7.07. The molecule has 0 fully saturated rings. The Kier molecular flexibility index (Phi) is 4.76. The van der Waals surface area contributed by atoms with E-state index < -0.39 is 5.97 Å². The normalized spacial score (nSPS) is 10.2. The molecular formula is C13H12ClNO3S. The number of hydrogen-bond donors (Lipinski definition) is 0. The first-order chi connectivity index (χ1) is 9.19. The first-order valence-corrected chi connectivity index (χ1v) is 6.94. The molecule has 0 radical (unpaired) electrons. The van der Waals surface area contributed by atoms with Gasteiger partial charge in [-0.25, -0.2) is 9.78 Å². The maximum atomic E-state index is 11.4. The minimum absolute atomic E-state index is 0.311. The van der Waals surface area contributed by atoms with E-state index >= 15 is 0 Å². The molecule has 0 saturated carbocycles. The van der Waals surface area contributed by atoms with Crippen molar-refractivity contribution >= 4 is 28.9 Å². The highest BCUT2D eigenvalue weighted by atomic mass is 35.5. The second kappa shape index (κ2) is 6.54. The minimum Gasteiger partial charge on any atom is -0.486 e. The number of halogens is 1. The molecule has 19 heavy (non-hydrogen) atoms. The zero-order valence-electron chi connectivity index (χ0n) is 10.3. The summed E-state index contributed by atoms with van der Waals surface area (Å²) in [7, 11) is 0. The van der Waals surface area contributed by atoms with Crippen molar-refractivity contribution < 1.29 is 14.3 Å². The van der Waals surface area contributed by atoms with Crippen LogP contribution in [0.5, 0.6) is 5.75 Å². The van der Waals surface area contributed by atoms with Gasteiger partial charge in [0.1, 0.15) is 17.4 Å². The molecule has 0 aliphatic heterocycles. The van der Waals surface area contributed by atoms with Gasteiger partial charge in [-0.3, -0.25) is 0 Å². The van der Waals surface area contributed by atoms with Crippen LogP contribution in [0.1, 0.15) is 22.4 Å². The highest BCUT2D eigenvalue weighted by molar-refractivity contribution is 7.09. The molecule has 4 nitrogen and oxygen atoms in total. The standard InChI is InChI=1S/C13H12ClNO3S/c1-2-17-13(16)11-8-19-12(15-11)7-18-10-5-3-9(14)4-6-10/h3-6,8H,2,7H2,1H3. The van der Waals surface area contributed by atoms with Gasteiger partial charge in [-0.15, -0.1) is 11.3 Å². The fourth-order valence-corrected chi connectivity index (χ4v) is 2.15. The van der Waals surface area contributed by atoms with E-state index in [2.05, 4.69) is 4.98 Å². The largest absolute Gasteiger partial charge is 0.486 e. The van der Waals surface area contributed by atoms with Crippen molar-refractivity contribution in [2.75, 3.05) is 6.61 Å². The zero-order valence-corrected chi connectivity index (χ0v) is 11.8. The number of ether oxygens (including phenoxy) is 2. The highest BCUT2D eigenvalue weighted by Crippen LogP contribution is 2.18. The Labute approximate surface area is 120 Å². The molecule has 1 aromatic heterocycles. The molecule has 0 N–H and O–H groups in total. The van der Waals surface area contributed by atoms with Crippen LogP contribution >= 0.6 is 22.9 Å². The Hall–Kier alpha value is -1.59. The number of thiazole rings is 1. The van der Waals surface area contributed by atoms with Gasteiger partial charge in [0.15, 0.2) is 5.69 Å². The molecule has 1 heterocycles. The molecule has 0 amide bonds. The van der Waals surface area contributed by atoms with E-state index in [4.69, 9.17) is 21.1 Å². The molecule has 0 bridgehead atoms. The summed E-state index contributed by atoms with van der Waals surface area (Å²) < 4.78 is 10.4. The molecular weight excluding hydrogens is 286 g/mol. The predicted molar refractivity (Wildman–Crippen MR) is 73.9 cm³/mol. The van der Waals surface area contributed by atoms with Gasteiger partial charge < -0.3 is 9.47 Å².